The number of fused-ring (bicyclic) bond motifs is 3. The first-order chi connectivity index (χ1) is 14.7. The van der Waals surface area contributed by atoms with E-state index in [1.165, 1.54) is 0 Å². The van der Waals surface area contributed by atoms with E-state index in [0.29, 0.717) is 0 Å². The SMILES string of the molecule is CC(C)(C)OC(=O)CCC(NC(=O)OCC1c2ccccc2-c2ccccc21)C(N)=O. The highest BCUT2D eigenvalue weighted by molar-refractivity contribution is 5.85. The monoisotopic (exact) mass is 424 g/mol. The summed E-state index contributed by atoms with van der Waals surface area (Å²) in [6.45, 7) is 5.39. The van der Waals surface area contributed by atoms with Crippen LogP contribution in [0.4, 0.5) is 4.79 Å². The minimum Gasteiger partial charge on any atom is -0.460 e. The molecule has 7 nitrogen and oxygen atoms in total. The molecule has 3 rings (SSSR count). The summed E-state index contributed by atoms with van der Waals surface area (Å²) in [5.41, 5.74) is 9.19. The fourth-order valence-corrected chi connectivity index (χ4v) is 3.72. The van der Waals surface area contributed by atoms with Crippen LogP contribution in [0.5, 0.6) is 0 Å². The number of nitrogens with two attached hydrogens (primary N) is 1. The Hall–Kier alpha value is -3.35. The predicted molar refractivity (Wildman–Crippen MR) is 116 cm³/mol. The van der Waals surface area contributed by atoms with E-state index in [0.717, 1.165) is 22.3 Å². The summed E-state index contributed by atoms with van der Waals surface area (Å²) in [7, 11) is 0. The summed E-state index contributed by atoms with van der Waals surface area (Å²) in [5.74, 6) is -1.29. The van der Waals surface area contributed by atoms with E-state index in [2.05, 4.69) is 5.32 Å². The van der Waals surface area contributed by atoms with Crippen molar-refractivity contribution >= 4 is 18.0 Å². The second-order valence-electron chi connectivity index (χ2n) is 8.55. The fourth-order valence-electron chi connectivity index (χ4n) is 3.72. The van der Waals surface area contributed by atoms with Gasteiger partial charge in [0.25, 0.3) is 0 Å². The van der Waals surface area contributed by atoms with Gasteiger partial charge in [-0.05, 0) is 49.4 Å². The van der Waals surface area contributed by atoms with Crippen molar-refractivity contribution in [3.8, 4) is 11.1 Å². The Morgan fingerprint density at radius 3 is 2.06 bits per heavy atom. The van der Waals surface area contributed by atoms with Gasteiger partial charge in [-0.3, -0.25) is 9.59 Å². The summed E-state index contributed by atoms with van der Waals surface area (Å²) >= 11 is 0. The fraction of sp³-hybridized carbons (Fsp3) is 0.375. The molecule has 1 aliphatic carbocycles. The molecule has 1 atom stereocenters. The number of carbonyl (C=O) groups excluding carboxylic acids is 3. The molecule has 2 amide bonds. The molecule has 0 radical (unpaired) electrons. The number of primary amides is 1. The van der Waals surface area contributed by atoms with Gasteiger partial charge in [0, 0.05) is 12.3 Å². The molecule has 0 saturated heterocycles. The number of hydrogen-bond acceptors (Lipinski definition) is 5. The maximum atomic E-state index is 12.4. The third-order valence-electron chi connectivity index (χ3n) is 5.04. The lowest BCUT2D eigenvalue weighted by molar-refractivity contribution is -0.155. The van der Waals surface area contributed by atoms with Gasteiger partial charge in [-0.2, -0.15) is 0 Å². The predicted octanol–water partition coefficient (Wildman–Crippen LogP) is 3.50. The van der Waals surface area contributed by atoms with Crippen LogP contribution in [0.25, 0.3) is 11.1 Å². The van der Waals surface area contributed by atoms with Crippen LogP contribution in [-0.2, 0) is 19.1 Å². The number of nitrogens with one attached hydrogen (secondary N) is 1. The van der Waals surface area contributed by atoms with Gasteiger partial charge in [0.1, 0.15) is 18.2 Å². The number of ether oxygens (including phenoxy) is 2. The molecule has 1 unspecified atom stereocenters. The molecular formula is C24H28N2O5. The van der Waals surface area contributed by atoms with Crippen molar-refractivity contribution in [1.29, 1.82) is 0 Å². The van der Waals surface area contributed by atoms with Crippen LogP contribution in [0.15, 0.2) is 48.5 Å². The van der Waals surface area contributed by atoms with Gasteiger partial charge in [0.05, 0.1) is 0 Å². The zero-order valence-corrected chi connectivity index (χ0v) is 18.0. The number of benzene rings is 2. The lowest BCUT2D eigenvalue weighted by Gasteiger charge is -2.21. The largest absolute Gasteiger partial charge is 0.460 e. The Labute approximate surface area is 181 Å². The zero-order valence-electron chi connectivity index (χ0n) is 18.0. The smallest absolute Gasteiger partial charge is 0.407 e. The molecule has 3 N–H and O–H groups in total. The maximum Gasteiger partial charge on any atom is 0.407 e. The van der Waals surface area contributed by atoms with Crippen molar-refractivity contribution in [3.63, 3.8) is 0 Å². The van der Waals surface area contributed by atoms with Gasteiger partial charge in [-0.15, -0.1) is 0 Å². The van der Waals surface area contributed by atoms with Crippen LogP contribution in [-0.4, -0.2) is 36.2 Å². The molecule has 0 saturated carbocycles. The highest BCUT2D eigenvalue weighted by Gasteiger charge is 2.29. The molecule has 7 heteroatoms. The number of alkyl carbamates (subject to hydrolysis) is 1. The Balaban J connectivity index is 1.59. The first-order valence-corrected chi connectivity index (χ1v) is 10.3. The Bertz CT molecular complexity index is 934. The van der Waals surface area contributed by atoms with Gasteiger partial charge < -0.3 is 20.5 Å². The summed E-state index contributed by atoms with van der Waals surface area (Å²) in [6.07, 6.45) is -0.766. The number of rotatable bonds is 7. The number of esters is 1. The average molecular weight is 424 g/mol. The standard InChI is InChI=1S/C24H28N2O5/c1-24(2,3)31-21(27)13-12-20(22(25)28)26-23(29)30-14-19-17-10-6-4-8-15(17)16-9-5-7-11-18(16)19/h4-11,19-20H,12-14H2,1-3H3,(H2,25,28)(H,26,29). The van der Waals surface area contributed by atoms with Crippen molar-refractivity contribution in [2.45, 2.75) is 51.2 Å². The normalized spacial score (nSPS) is 13.6. The van der Waals surface area contributed by atoms with Crippen molar-refractivity contribution < 1.29 is 23.9 Å². The molecule has 0 aromatic heterocycles. The van der Waals surface area contributed by atoms with Gasteiger partial charge >= 0.3 is 12.1 Å². The summed E-state index contributed by atoms with van der Waals surface area (Å²) in [6, 6.07) is 15.0. The second kappa shape index (κ2) is 9.20. The molecule has 2 aromatic carbocycles. The van der Waals surface area contributed by atoms with Crippen LogP contribution >= 0.6 is 0 Å². The van der Waals surface area contributed by atoms with Crippen LogP contribution in [0.2, 0.25) is 0 Å². The lowest BCUT2D eigenvalue weighted by atomic mass is 9.98. The van der Waals surface area contributed by atoms with E-state index in [1.807, 2.05) is 48.5 Å². The molecule has 31 heavy (non-hydrogen) atoms. The molecule has 2 aromatic rings. The average Bonchev–Trinajstić information content (AvgIpc) is 3.02. The molecule has 0 aliphatic heterocycles. The highest BCUT2D eigenvalue weighted by Crippen LogP contribution is 2.44. The van der Waals surface area contributed by atoms with E-state index in [4.69, 9.17) is 15.2 Å². The Morgan fingerprint density at radius 1 is 1.00 bits per heavy atom. The third-order valence-corrected chi connectivity index (χ3v) is 5.04. The van der Waals surface area contributed by atoms with Crippen LogP contribution < -0.4 is 11.1 Å². The van der Waals surface area contributed by atoms with E-state index in [1.54, 1.807) is 20.8 Å². The lowest BCUT2D eigenvalue weighted by Crippen LogP contribution is -2.45. The number of amides is 2. The molecule has 0 fully saturated rings. The summed E-state index contributed by atoms with van der Waals surface area (Å²) < 4.78 is 10.7. The van der Waals surface area contributed by atoms with Crippen molar-refractivity contribution in [2.75, 3.05) is 6.61 Å². The zero-order chi connectivity index (χ0) is 22.6. The van der Waals surface area contributed by atoms with E-state index < -0.39 is 29.6 Å². The molecular weight excluding hydrogens is 396 g/mol. The summed E-state index contributed by atoms with van der Waals surface area (Å²) in [5, 5.41) is 2.46. The highest BCUT2D eigenvalue weighted by atomic mass is 16.6. The van der Waals surface area contributed by atoms with Gasteiger partial charge in [0.2, 0.25) is 5.91 Å². The maximum absolute atomic E-state index is 12.4. The molecule has 0 heterocycles. The Kier molecular flexibility index (Phi) is 6.63. The van der Waals surface area contributed by atoms with Crippen molar-refractivity contribution in [3.05, 3.63) is 59.7 Å². The van der Waals surface area contributed by atoms with Crippen LogP contribution in [0.3, 0.4) is 0 Å². The minimum absolute atomic E-state index is 0.0362. The second-order valence-corrected chi connectivity index (χ2v) is 8.55. The minimum atomic E-state index is -1.02. The van der Waals surface area contributed by atoms with Gasteiger partial charge in [-0.1, -0.05) is 48.5 Å². The molecule has 0 bridgehead atoms. The molecule has 164 valence electrons. The molecule has 1 aliphatic rings. The summed E-state index contributed by atoms with van der Waals surface area (Å²) in [4.78, 5) is 36.0. The third kappa shape index (κ3) is 5.63. The van der Waals surface area contributed by atoms with Gasteiger partial charge in [0.15, 0.2) is 0 Å². The van der Waals surface area contributed by atoms with Crippen molar-refractivity contribution in [2.24, 2.45) is 5.73 Å². The number of carbonyl (C=O) groups is 3. The molecule has 0 spiro atoms. The first kappa shape index (κ1) is 22.3. The Morgan fingerprint density at radius 2 is 1.55 bits per heavy atom. The van der Waals surface area contributed by atoms with E-state index in [9.17, 15) is 14.4 Å². The van der Waals surface area contributed by atoms with Crippen LogP contribution in [0.1, 0.15) is 50.7 Å². The topological polar surface area (TPSA) is 108 Å². The number of hydrogen-bond donors (Lipinski definition) is 2. The van der Waals surface area contributed by atoms with Crippen molar-refractivity contribution in [1.82, 2.24) is 5.32 Å². The van der Waals surface area contributed by atoms with E-state index in [-0.39, 0.29) is 25.4 Å². The quantitative estimate of drug-likeness (QED) is 0.662. The first-order valence-electron chi connectivity index (χ1n) is 10.3. The van der Waals surface area contributed by atoms with E-state index >= 15 is 0 Å². The van der Waals surface area contributed by atoms with Gasteiger partial charge in [-0.25, -0.2) is 4.79 Å². The van der Waals surface area contributed by atoms with Crippen LogP contribution in [0, 0.1) is 0 Å².